The molecule has 0 spiro atoms. The number of hydrogen-bond donors (Lipinski definition) is 2. The Morgan fingerprint density at radius 1 is 1.21 bits per heavy atom. The van der Waals surface area contributed by atoms with Gasteiger partial charge in [-0.1, -0.05) is 12.1 Å². The molecule has 0 saturated heterocycles. The zero-order chi connectivity index (χ0) is 20.1. The Bertz CT molecular complexity index is 1010. The number of ether oxygens (including phenoxy) is 1. The molecule has 0 aliphatic rings. The number of benzene rings is 2. The van der Waals surface area contributed by atoms with Gasteiger partial charge in [0, 0.05) is 35.8 Å². The molecule has 0 unspecified atom stereocenters. The first-order chi connectivity index (χ1) is 13.4. The van der Waals surface area contributed by atoms with Gasteiger partial charge < -0.3 is 15.0 Å². The number of amides is 1. The van der Waals surface area contributed by atoms with Crippen molar-refractivity contribution in [2.24, 2.45) is 0 Å². The van der Waals surface area contributed by atoms with Crippen molar-refractivity contribution in [2.75, 3.05) is 13.7 Å². The monoisotopic (exact) mass is 388 g/mol. The van der Waals surface area contributed by atoms with E-state index in [1.54, 1.807) is 7.11 Å². The number of H-pyrrole nitrogens is 1. The summed E-state index contributed by atoms with van der Waals surface area (Å²) in [7, 11) is 1.60. The van der Waals surface area contributed by atoms with Crippen LogP contribution < -0.4 is 10.1 Å². The first-order valence-corrected chi connectivity index (χ1v) is 8.64. The highest BCUT2D eigenvalue weighted by atomic mass is 19.4. The van der Waals surface area contributed by atoms with Crippen LogP contribution in [0.5, 0.6) is 5.75 Å². The smallest absolute Gasteiger partial charge is 0.416 e. The van der Waals surface area contributed by atoms with E-state index in [2.05, 4.69) is 10.3 Å². The number of aromatic amines is 1. The number of halogens is 3. The van der Waals surface area contributed by atoms with Crippen molar-refractivity contribution in [2.45, 2.75) is 12.6 Å². The minimum Gasteiger partial charge on any atom is -0.497 e. The first-order valence-electron chi connectivity index (χ1n) is 8.64. The molecule has 3 aromatic rings. The van der Waals surface area contributed by atoms with E-state index < -0.39 is 11.7 Å². The van der Waals surface area contributed by atoms with E-state index in [1.165, 1.54) is 24.3 Å². The highest BCUT2D eigenvalue weighted by molar-refractivity contribution is 5.91. The molecule has 2 N–H and O–H groups in total. The Kier molecular flexibility index (Phi) is 5.73. The lowest BCUT2D eigenvalue weighted by Crippen LogP contribution is -2.23. The molecule has 146 valence electrons. The fourth-order valence-corrected chi connectivity index (χ4v) is 2.87. The molecular formula is C21H19F3N2O2. The Hall–Kier alpha value is -3.22. The van der Waals surface area contributed by atoms with Gasteiger partial charge in [0.2, 0.25) is 5.91 Å². The third-order valence-electron chi connectivity index (χ3n) is 4.31. The molecule has 4 nitrogen and oxygen atoms in total. The quantitative estimate of drug-likeness (QED) is 0.608. The van der Waals surface area contributed by atoms with Crippen LogP contribution in [0, 0.1) is 0 Å². The van der Waals surface area contributed by atoms with E-state index >= 15 is 0 Å². The Labute approximate surface area is 160 Å². The average Bonchev–Trinajstić information content (AvgIpc) is 3.08. The fraction of sp³-hybridized carbons (Fsp3) is 0.190. The van der Waals surface area contributed by atoms with Gasteiger partial charge in [-0.3, -0.25) is 4.79 Å². The maximum atomic E-state index is 12.7. The van der Waals surface area contributed by atoms with Crippen LogP contribution >= 0.6 is 0 Å². The van der Waals surface area contributed by atoms with Crippen molar-refractivity contribution in [3.63, 3.8) is 0 Å². The predicted octanol–water partition coefficient (Wildman–Crippen LogP) is 4.57. The molecule has 0 saturated carbocycles. The summed E-state index contributed by atoms with van der Waals surface area (Å²) in [5.74, 6) is 0.396. The second kappa shape index (κ2) is 8.21. The molecule has 2 aromatic carbocycles. The summed E-state index contributed by atoms with van der Waals surface area (Å²) >= 11 is 0. The molecule has 0 radical (unpaired) electrons. The van der Waals surface area contributed by atoms with Gasteiger partial charge in [0.1, 0.15) is 5.75 Å². The summed E-state index contributed by atoms with van der Waals surface area (Å²) in [5, 5.41) is 3.79. The van der Waals surface area contributed by atoms with Gasteiger partial charge in [0.15, 0.2) is 0 Å². The SMILES string of the molecule is COc1ccc2c(CCNC(=O)/C=C/c3cccc(C(F)(F)F)c3)c[nH]c2c1. The normalized spacial score (nSPS) is 11.9. The molecule has 1 amide bonds. The number of carbonyl (C=O) groups is 1. The topological polar surface area (TPSA) is 54.1 Å². The highest BCUT2D eigenvalue weighted by Crippen LogP contribution is 2.29. The maximum absolute atomic E-state index is 12.7. The van der Waals surface area contributed by atoms with Crippen molar-refractivity contribution in [1.29, 1.82) is 0 Å². The van der Waals surface area contributed by atoms with Gasteiger partial charge in [-0.05, 0) is 47.9 Å². The van der Waals surface area contributed by atoms with Gasteiger partial charge in [-0.25, -0.2) is 0 Å². The fourth-order valence-electron chi connectivity index (χ4n) is 2.87. The summed E-state index contributed by atoms with van der Waals surface area (Å²) in [6.07, 6.45) is 0.692. The van der Waals surface area contributed by atoms with Crippen LogP contribution in [0.2, 0.25) is 0 Å². The summed E-state index contributed by atoms with van der Waals surface area (Å²) in [6, 6.07) is 10.5. The number of nitrogens with one attached hydrogen (secondary N) is 2. The molecule has 1 heterocycles. The van der Waals surface area contributed by atoms with E-state index in [4.69, 9.17) is 4.74 Å². The van der Waals surface area contributed by atoms with E-state index in [0.717, 1.165) is 34.3 Å². The number of rotatable bonds is 6. The number of alkyl halides is 3. The van der Waals surface area contributed by atoms with Crippen LogP contribution in [0.4, 0.5) is 13.2 Å². The van der Waals surface area contributed by atoms with Crippen LogP contribution in [0.15, 0.2) is 54.7 Å². The first kappa shape index (κ1) is 19.5. The summed E-state index contributed by atoms with van der Waals surface area (Å²) in [4.78, 5) is 15.1. The zero-order valence-electron chi connectivity index (χ0n) is 15.1. The lowest BCUT2D eigenvalue weighted by atomic mass is 10.1. The molecule has 28 heavy (non-hydrogen) atoms. The van der Waals surface area contributed by atoms with E-state index in [-0.39, 0.29) is 5.91 Å². The van der Waals surface area contributed by atoms with Crippen LogP contribution in [-0.4, -0.2) is 24.5 Å². The molecule has 7 heteroatoms. The van der Waals surface area contributed by atoms with Crippen LogP contribution in [0.1, 0.15) is 16.7 Å². The molecule has 1 aromatic heterocycles. The van der Waals surface area contributed by atoms with Gasteiger partial charge in [-0.2, -0.15) is 13.2 Å². The molecule has 0 fully saturated rings. The summed E-state index contributed by atoms with van der Waals surface area (Å²) < 4.78 is 43.3. The van der Waals surface area contributed by atoms with Crippen LogP contribution in [0.25, 0.3) is 17.0 Å². The van der Waals surface area contributed by atoms with E-state index in [1.807, 2.05) is 24.4 Å². The minimum atomic E-state index is -4.41. The van der Waals surface area contributed by atoms with Crippen molar-refractivity contribution in [3.8, 4) is 5.75 Å². The number of carbonyl (C=O) groups excluding carboxylic acids is 1. The molecular weight excluding hydrogens is 369 g/mol. The Morgan fingerprint density at radius 2 is 2.04 bits per heavy atom. The number of hydrogen-bond acceptors (Lipinski definition) is 2. The van der Waals surface area contributed by atoms with Crippen LogP contribution in [0.3, 0.4) is 0 Å². The molecule has 3 rings (SSSR count). The molecule has 0 atom stereocenters. The summed E-state index contributed by atoms with van der Waals surface area (Å²) in [6.45, 7) is 0.407. The van der Waals surface area contributed by atoms with Gasteiger partial charge in [0.05, 0.1) is 12.7 Å². The second-order valence-corrected chi connectivity index (χ2v) is 6.22. The predicted molar refractivity (Wildman–Crippen MR) is 102 cm³/mol. The van der Waals surface area contributed by atoms with Gasteiger partial charge in [-0.15, -0.1) is 0 Å². The van der Waals surface area contributed by atoms with Crippen molar-refractivity contribution < 1.29 is 22.7 Å². The third-order valence-corrected chi connectivity index (χ3v) is 4.31. The standard InChI is InChI=1S/C21H19F3N2O2/c1-28-17-6-7-18-15(13-26-19(18)12-17)9-10-25-20(27)8-5-14-3-2-4-16(11-14)21(22,23)24/h2-8,11-13,26H,9-10H2,1H3,(H,25,27)/b8-5+. The number of methoxy groups -OCH3 is 1. The van der Waals surface area contributed by atoms with Crippen molar-refractivity contribution in [1.82, 2.24) is 10.3 Å². The van der Waals surface area contributed by atoms with Crippen molar-refractivity contribution in [3.05, 3.63) is 71.4 Å². The highest BCUT2D eigenvalue weighted by Gasteiger charge is 2.30. The average molecular weight is 388 g/mol. The minimum absolute atomic E-state index is 0.315. The molecule has 0 bridgehead atoms. The van der Waals surface area contributed by atoms with Crippen molar-refractivity contribution >= 4 is 22.9 Å². The maximum Gasteiger partial charge on any atom is 0.416 e. The number of fused-ring (bicyclic) bond motifs is 1. The summed E-state index contributed by atoms with van der Waals surface area (Å²) in [5.41, 5.74) is 1.58. The Morgan fingerprint density at radius 3 is 2.79 bits per heavy atom. The lowest BCUT2D eigenvalue weighted by Gasteiger charge is -2.06. The van der Waals surface area contributed by atoms with Gasteiger partial charge in [0.25, 0.3) is 0 Å². The van der Waals surface area contributed by atoms with Crippen LogP contribution in [-0.2, 0) is 17.4 Å². The van der Waals surface area contributed by atoms with E-state index in [9.17, 15) is 18.0 Å². The molecule has 0 aliphatic carbocycles. The van der Waals surface area contributed by atoms with Gasteiger partial charge >= 0.3 is 6.18 Å². The zero-order valence-corrected chi connectivity index (χ0v) is 15.1. The van der Waals surface area contributed by atoms with E-state index in [0.29, 0.717) is 18.5 Å². The molecule has 0 aliphatic heterocycles. The lowest BCUT2D eigenvalue weighted by molar-refractivity contribution is -0.137. The Balaban J connectivity index is 1.56. The third kappa shape index (κ3) is 4.73. The largest absolute Gasteiger partial charge is 0.497 e. The second-order valence-electron chi connectivity index (χ2n) is 6.22. The number of aromatic nitrogens is 1.